The number of halogens is 1. The summed E-state index contributed by atoms with van der Waals surface area (Å²) in [5.74, 6) is -0.392. The molecule has 3 nitrogen and oxygen atoms in total. The SMILES string of the molecule is CN(Cc1ccncc1)c1ccc(C=O)cc1F. The molecule has 0 radical (unpaired) electrons. The molecule has 1 aromatic carbocycles. The smallest absolute Gasteiger partial charge is 0.150 e. The van der Waals surface area contributed by atoms with Gasteiger partial charge in [-0.3, -0.25) is 9.78 Å². The van der Waals surface area contributed by atoms with Crippen molar-refractivity contribution in [1.29, 1.82) is 0 Å². The predicted molar refractivity (Wildman–Crippen MR) is 68.1 cm³/mol. The summed E-state index contributed by atoms with van der Waals surface area (Å²) < 4.78 is 13.8. The van der Waals surface area contributed by atoms with Gasteiger partial charge >= 0.3 is 0 Å². The van der Waals surface area contributed by atoms with E-state index in [1.807, 2.05) is 12.1 Å². The third kappa shape index (κ3) is 2.71. The lowest BCUT2D eigenvalue weighted by Crippen LogP contribution is -2.17. The largest absolute Gasteiger partial charge is 0.368 e. The minimum absolute atomic E-state index is 0.341. The second-order valence-electron chi connectivity index (χ2n) is 4.04. The van der Waals surface area contributed by atoms with Crippen molar-refractivity contribution < 1.29 is 9.18 Å². The first-order valence-electron chi connectivity index (χ1n) is 5.55. The van der Waals surface area contributed by atoms with Gasteiger partial charge in [0.25, 0.3) is 0 Å². The fraction of sp³-hybridized carbons (Fsp3) is 0.143. The molecule has 92 valence electrons. The number of pyridine rings is 1. The van der Waals surface area contributed by atoms with Gasteiger partial charge in [0.1, 0.15) is 12.1 Å². The Bertz CT molecular complexity index is 543. The van der Waals surface area contributed by atoms with Crippen molar-refractivity contribution in [3.63, 3.8) is 0 Å². The molecule has 4 heteroatoms. The average molecular weight is 244 g/mol. The Hall–Kier alpha value is -2.23. The monoisotopic (exact) mass is 244 g/mol. The van der Waals surface area contributed by atoms with Gasteiger partial charge < -0.3 is 4.90 Å². The van der Waals surface area contributed by atoms with E-state index in [9.17, 15) is 9.18 Å². The van der Waals surface area contributed by atoms with E-state index in [2.05, 4.69) is 4.98 Å². The third-order valence-electron chi connectivity index (χ3n) is 2.69. The summed E-state index contributed by atoms with van der Waals surface area (Å²) in [6, 6.07) is 8.22. The van der Waals surface area contributed by atoms with Gasteiger partial charge in [-0.05, 0) is 35.9 Å². The highest BCUT2D eigenvalue weighted by Crippen LogP contribution is 2.20. The lowest BCUT2D eigenvalue weighted by atomic mass is 10.2. The van der Waals surface area contributed by atoms with Crippen molar-refractivity contribution >= 4 is 12.0 Å². The maximum absolute atomic E-state index is 13.8. The molecule has 0 aliphatic rings. The minimum Gasteiger partial charge on any atom is -0.368 e. The van der Waals surface area contributed by atoms with Crippen LogP contribution in [0, 0.1) is 5.82 Å². The number of hydrogen-bond acceptors (Lipinski definition) is 3. The van der Waals surface area contributed by atoms with Crippen molar-refractivity contribution in [3.05, 3.63) is 59.7 Å². The van der Waals surface area contributed by atoms with Crippen LogP contribution < -0.4 is 4.90 Å². The number of nitrogens with zero attached hydrogens (tertiary/aromatic N) is 2. The molecule has 0 aliphatic heterocycles. The van der Waals surface area contributed by atoms with Crippen molar-refractivity contribution in [2.45, 2.75) is 6.54 Å². The van der Waals surface area contributed by atoms with E-state index in [-0.39, 0.29) is 0 Å². The summed E-state index contributed by atoms with van der Waals surface area (Å²) in [5.41, 5.74) is 1.86. The molecule has 0 unspecified atom stereocenters. The van der Waals surface area contributed by atoms with Crippen LogP contribution in [0.25, 0.3) is 0 Å². The Balaban J connectivity index is 2.19. The van der Waals surface area contributed by atoms with Gasteiger partial charge in [0.2, 0.25) is 0 Å². The maximum Gasteiger partial charge on any atom is 0.150 e. The third-order valence-corrected chi connectivity index (χ3v) is 2.69. The van der Waals surface area contributed by atoms with E-state index in [1.165, 1.54) is 6.07 Å². The van der Waals surface area contributed by atoms with Gasteiger partial charge in [0.05, 0.1) is 5.69 Å². The summed E-state index contributed by atoms with van der Waals surface area (Å²) in [6.45, 7) is 0.583. The number of hydrogen-bond donors (Lipinski definition) is 0. The van der Waals surface area contributed by atoms with Gasteiger partial charge in [-0.25, -0.2) is 4.39 Å². The first-order chi connectivity index (χ1) is 8.70. The molecule has 0 N–H and O–H groups in total. The molecule has 1 aromatic heterocycles. The van der Waals surface area contributed by atoms with Crippen LogP contribution in [0.2, 0.25) is 0 Å². The Labute approximate surface area is 105 Å². The molecule has 18 heavy (non-hydrogen) atoms. The van der Waals surface area contributed by atoms with Gasteiger partial charge in [-0.2, -0.15) is 0 Å². The van der Waals surface area contributed by atoms with Crippen LogP contribution >= 0.6 is 0 Å². The van der Waals surface area contributed by atoms with Gasteiger partial charge in [0, 0.05) is 31.5 Å². The Morgan fingerprint density at radius 3 is 2.61 bits per heavy atom. The van der Waals surface area contributed by atoms with Crippen LogP contribution in [0.1, 0.15) is 15.9 Å². The quantitative estimate of drug-likeness (QED) is 0.775. The summed E-state index contributed by atoms with van der Waals surface area (Å²) in [7, 11) is 1.80. The Kier molecular flexibility index (Phi) is 3.67. The number of carbonyl (C=O) groups is 1. The van der Waals surface area contributed by atoms with Crippen molar-refractivity contribution in [3.8, 4) is 0 Å². The fourth-order valence-electron chi connectivity index (χ4n) is 1.75. The fourth-order valence-corrected chi connectivity index (χ4v) is 1.75. The number of aldehydes is 1. The molecule has 0 spiro atoms. The maximum atomic E-state index is 13.8. The minimum atomic E-state index is -0.392. The molecule has 0 saturated heterocycles. The van der Waals surface area contributed by atoms with E-state index in [1.54, 1.807) is 36.5 Å². The van der Waals surface area contributed by atoms with Gasteiger partial charge in [-0.15, -0.1) is 0 Å². The van der Waals surface area contributed by atoms with Gasteiger partial charge in [0.15, 0.2) is 0 Å². The van der Waals surface area contributed by atoms with Crippen LogP contribution in [0.4, 0.5) is 10.1 Å². The highest BCUT2D eigenvalue weighted by Gasteiger charge is 2.08. The molecule has 1 heterocycles. The summed E-state index contributed by atoms with van der Waals surface area (Å²) in [4.78, 5) is 16.3. The lowest BCUT2D eigenvalue weighted by molar-refractivity contribution is 0.112. The van der Waals surface area contributed by atoms with E-state index >= 15 is 0 Å². The van der Waals surface area contributed by atoms with E-state index in [4.69, 9.17) is 0 Å². The van der Waals surface area contributed by atoms with Crippen molar-refractivity contribution in [1.82, 2.24) is 4.98 Å². The number of anilines is 1. The summed E-state index contributed by atoms with van der Waals surface area (Å²) >= 11 is 0. The zero-order chi connectivity index (χ0) is 13.0. The zero-order valence-electron chi connectivity index (χ0n) is 10.0. The molecule has 0 amide bonds. The molecule has 0 aliphatic carbocycles. The summed E-state index contributed by atoms with van der Waals surface area (Å²) in [6.07, 6.45) is 4.04. The van der Waals surface area contributed by atoms with Crippen molar-refractivity contribution in [2.24, 2.45) is 0 Å². The highest BCUT2D eigenvalue weighted by molar-refractivity contribution is 5.75. The van der Waals surface area contributed by atoms with Gasteiger partial charge in [-0.1, -0.05) is 0 Å². The highest BCUT2D eigenvalue weighted by atomic mass is 19.1. The molecule has 0 bridgehead atoms. The first kappa shape index (κ1) is 12.2. The number of aromatic nitrogens is 1. The zero-order valence-corrected chi connectivity index (χ0v) is 10.0. The van der Waals surface area contributed by atoms with Crippen LogP contribution in [-0.2, 0) is 6.54 Å². The standard InChI is InChI=1S/C14H13FN2O/c1-17(9-11-4-6-16-7-5-11)14-3-2-12(10-18)8-13(14)15/h2-8,10H,9H2,1H3. The molecule has 0 atom stereocenters. The normalized spacial score (nSPS) is 10.1. The van der Waals surface area contributed by atoms with E-state index in [0.717, 1.165) is 5.56 Å². The average Bonchev–Trinajstić information content (AvgIpc) is 2.39. The molecule has 0 fully saturated rings. The Morgan fingerprint density at radius 2 is 2.00 bits per heavy atom. The van der Waals surface area contributed by atoms with Crippen LogP contribution in [-0.4, -0.2) is 18.3 Å². The molecule has 2 rings (SSSR count). The number of benzene rings is 1. The van der Waals surface area contributed by atoms with Crippen LogP contribution in [0.3, 0.4) is 0 Å². The first-order valence-corrected chi connectivity index (χ1v) is 5.55. The predicted octanol–water partition coefficient (Wildman–Crippen LogP) is 2.67. The van der Waals surface area contributed by atoms with Crippen LogP contribution in [0.5, 0.6) is 0 Å². The lowest BCUT2D eigenvalue weighted by Gasteiger charge is -2.20. The summed E-state index contributed by atoms with van der Waals surface area (Å²) in [5, 5.41) is 0. The molecular weight excluding hydrogens is 231 g/mol. The van der Waals surface area contributed by atoms with Crippen LogP contribution in [0.15, 0.2) is 42.7 Å². The molecule has 0 saturated carbocycles. The second-order valence-corrected chi connectivity index (χ2v) is 4.04. The molecular formula is C14H13FN2O. The Morgan fingerprint density at radius 1 is 1.28 bits per heavy atom. The van der Waals surface area contributed by atoms with Crippen molar-refractivity contribution in [2.75, 3.05) is 11.9 Å². The number of carbonyl (C=O) groups excluding carboxylic acids is 1. The molecule has 2 aromatic rings. The second kappa shape index (κ2) is 5.40. The topological polar surface area (TPSA) is 33.2 Å². The van der Waals surface area contributed by atoms with E-state index < -0.39 is 5.82 Å². The van der Waals surface area contributed by atoms with E-state index in [0.29, 0.717) is 24.1 Å². The number of rotatable bonds is 4.